The van der Waals surface area contributed by atoms with E-state index in [4.69, 9.17) is 4.74 Å². The van der Waals surface area contributed by atoms with Gasteiger partial charge in [0.25, 0.3) is 0 Å². The van der Waals surface area contributed by atoms with Crippen molar-refractivity contribution >= 4 is 0 Å². The SMILES string of the molecule is CC1(C)CCC(CC(CO)c2ccccc2F)O1. The highest BCUT2D eigenvalue weighted by Crippen LogP contribution is 2.35. The van der Waals surface area contributed by atoms with E-state index in [0.717, 1.165) is 12.8 Å². The van der Waals surface area contributed by atoms with Crippen LogP contribution in [0.4, 0.5) is 4.39 Å². The first-order chi connectivity index (χ1) is 8.52. The topological polar surface area (TPSA) is 29.5 Å². The van der Waals surface area contributed by atoms with Gasteiger partial charge in [-0.15, -0.1) is 0 Å². The summed E-state index contributed by atoms with van der Waals surface area (Å²) in [5.41, 5.74) is 0.508. The van der Waals surface area contributed by atoms with Gasteiger partial charge in [0.1, 0.15) is 5.82 Å². The summed E-state index contributed by atoms with van der Waals surface area (Å²) in [5.74, 6) is -0.418. The number of halogens is 1. The molecule has 2 unspecified atom stereocenters. The van der Waals surface area contributed by atoms with Crippen molar-refractivity contribution < 1.29 is 14.2 Å². The van der Waals surface area contributed by atoms with Gasteiger partial charge in [-0.1, -0.05) is 18.2 Å². The van der Waals surface area contributed by atoms with Crippen LogP contribution in [-0.4, -0.2) is 23.4 Å². The maximum atomic E-state index is 13.7. The number of aliphatic hydroxyl groups excluding tert-OH is 1. The molecular formula is C15H21FO2. The lowest BCUT2D eigenvalue weighted by Crippen LogP contribution is -2.22. The summed E-state index contributed by atoms with van der Waals surface area (Å²) in [6.07, 6.45) is 2.81. The minimum Gasteiger partial charge on any atom is -0.396 e. The van der Waals surface area contributed by atoms with Gasteiger partial charge in [-0.25, -0.2) is 4.39 Å². The molecule has 0 amide bonds. The molecule has 1 saturated heterocycles. The van der Waals surface area contributed by atoms with Crippen LogP contribution in [0.25, 0.3) is 0 Å². The lowest BCUT2D eigenvalue weighted by atomic mass is 9.92. The summed E-state index contributed by atoms with van der Waals surface area (Å²) in [6.45, 7) is 4.11. The molecule has 1 fully saturated rings. The zero-order chi connectivity index (χ0) is 13.2. The highest BCUT2D eigenvalue weighted by molar-refractivity contribution is 5.22. The van der Waals surface area contributed by atoms with E-state index in [9.17, 15) is 9.50 Å². The molecule has 0 spiro atoms. The summed E-state index contributed by atoms with van der Waals surface area (Å²) >= 11 is 0. The van der Waals surface area contributed by atoms with E-state index < -0.39 is 0 Å². The molecule has 1 N–H and O–H groups in total. The zero-order valence-electron chi connectivity index (χ0n) is 11.0. The zero-order valence-corrected chi connectivity index (χ0v) is 11.0. The first-order valence-corrected chi connectivity index (χ1v) is 6.55. The highest BCUT2D eigenvalue weighted by atomic mass is 19.1. The second-order valence-corrected chi connectivity index (χ2v) is 5.67. The van der Waals surface area contributed by atoms with Crippen molar-refractivity contribution in [2.24, 2.45) is 0 Å². The molecule has 2 atom stereocenters. The van der Waals surface area contributed by atoms with Gasteiger partial charge in [-0.2, -0.15) is 0 Å². The predicted octanol–water partition coefficient (Wildman–Crippen LogP) is 3.25. The van der Waals surface area contributed by atoms with Gasteiger partial charge >= 0.3 is 0 Å². The maximum absolute atomic E-state index is 13.7. The van der Waals surface area contributed by atoms with Crippen molar-refractivity contribution in [3.63, 3.8) is 0 Å². The van der Waals surface area contributed by atoms with Gasteiger partial charge in [0, 0.05) is 5.92 Å². The van der Waals surface area contributed by atoms with Crippen molar-refractivity contribution in [3.8, 4) is 0 Å². The van der Waals surface area contributed by atoms with Crippen molar-refractivity contribution in [3.05, 3.63) is 35.6 Å². The number of benzene rings is 1. The molecule has 1 aromatic rings. The molecule has 2 nitrogen and oxygen atoms in total. The van der Waals surface area contributed by atoms with Crippen LogP contribution in [0.3, 0.4) is 0 Å². The summed E-state index contributed by atoms with van der Waals surface area (Å²) in [4.78, 5) is 0. The van der Waals surface area contributed by atoms with Gasteiger partial charge in [0.05, 0.1) is 18.3 Å². The van der Waals surface area contributed by atoms with E-state index in [-0.39, 0.29) is 30.0 Å². The van der Waals surface area contributed by atoms with Gasteiger partial charge in [-0.05, 0) is 44.7 Å². The van der Waals surface area contributed by atoms with Crippen LogP contribution < -0.4 is 0 Å². The maximum Gasteiger partial charge on any atom is 0.126 e. The quantitative estimate of drug-likeness (QED) is 0.891. The van der Waals surface area contributed by atoms with E-state index in [1.807, 2.05) is 0 Å². The highest BCUT2D eigenvalue weighted by Gasteiger charge is 2.33. The lowest BCUT2D eigenvalue weighted by molar-refractivity contribution is -0.0230. The minimum absolute atomic E-state index is 0.0405. The lowest BCUT2D eigenvalue weighted by Gasteiger charge is -2.23. The Bertz CT molecular complexity index is 403. The largest absolute Gasteiger partial charge is 0.396 e. The van der Waals surface area contributed by atoms with E-state index in [2.05, 4.69) is 13.8 Å². The molecule has 18 heavy (non-hydrogen) atoms. The Hall–Kier alpha value is -0.930. The number of hydrogen-bond donors (Lipinski definition) is 1. The normalized spacial score (nSPS) is 24.1. The third-order valence-electron chi connectivity index (χ3n) is 3.67. The molecule has 0 aromatic heterocycles. The summed E-state index contributed by atoms with van der Waals surface area (Å²) in [7, 11) is 0. The van der Waals surface area contributed by atoms with Crippen molar-refractivity contribution in [2.75, 3.05) is 6.61 Å². The fraction of sp³-hybridized carbons (Fsp3) is 0.600. The molecule has 0 bridgehead atoms. The van der Waals surface area contributed by atoms with Crippen molar-refractivity contribution in [1.29, 1.82) is 0 Å². The summed E-state index contributed by atoms with van der Waals surface area (Å²) in [5, 5.41) is 9.47. The minimum atomic E-state index is -0.242. The standard InChI is InChI=1S/C15H21FO2/c1-15(2)8-7-12(18-15)9-11(10-17)13-5-3-4-6-14(13)16/h3-6,11-12,17H,7-10H2,1-2H3. The van der Waals surface area contributed by atoms with E-state index in [1.54, 1.807) is 18.2 Å². The van der Waals surface area contributed by atoms with Crippen LogP contribution in [0.15, 0.2) is 24.3 Å². The Labute approximate surface area is 108 Å². The summed E-state index contributed by atoms with van der Waals surface area (Å²) in [6, 6.07) is 6.66. The van der Waals surface area contributed by atoms with Crippen molar-refractivity contribution in [2.45, 2.75) is 50.7 Å². The van der Waals surface area contributed by atoms with E-state index in [0.29, 0.717) is 12.0 Å². The summed E-state index contributed by atoms with van der Waals surface area (Å²) < 4.78 is 19.6. The Kier molecular flexibility index (Phi) is 4.03. The molecule has 100 valence electrons. The number of ether oxygens (including phenoxy) is 1. The van der Waals surface area contributed by atoms with E-state index >= 15 is 0 Å². The van der Waals surface area contributed by atoms with Crippen LogP contribution in [-0.2, 0) is 4.74 Å². The Morgan fingerprint density at radius 2 is 2.17 bits per heavy atom. The number of aliphatic hydroxyl groups is 1. The van der Waals surface area contributed by atoms with E-state index in [1.165, 1.54) is 6.07 Å². The van der Waals surface area contributed by atoms with Crippen LogP contribution in [0.1, 0.15) is 44.6 Å². The average Bonchev–Trinajstić information content (AvgIpc) is 2.67. The second-order valence-electron chi connectivity index (χ2n) is 5.67. The van der Waals surface area contributed by atoms with Crippen LogP contribution in [0, 0.1) is 5.82 Å². The third-order valence-corrected chi connectivity index (χ3v) is 3.67. The molecule has 3 heteroatoms. The number of rotatable bonds is 4. The first kappa shape index (κ1) is 13.5. The van der Waals surface area contributed by atoms with Crippen LogP contribution >= 0.6 is 0 Å². The average molecular weight is 252 g/mol. The predicted molar refractivity (Wildman–Crippen MR) is 69.0 cm³/mol. The van der Waals surface area contributed by atoms with Crippen molar-refractivity contribution in [1.82, 2.24) is 0 Å². The Morgan fingerprint density at radius 1 is 1.44 bits per heavy atom. The molecule has 0 saturated carbocycles. The molecule has 1 aliphatic rings. The number of hydrogen-bond acceptors (Lipinski definition) is 2. The van der Waals surface area contributed by atoms with Crippen LogP contribution in [0.5, 0.6) is 0 Å². The first-order valence-electron chi connectivity index (χ1n) is 6.55. The molecule has 1 heterocycles. The molecule has 1 aliphatic heterocycles. The van der Waals surface area contributed by atoms with Gasteiger partial charge in [0.15, 0.2) is 0 Å². The van der Waals surface area contributed by atoms with Gasteiger partial charge < -0.3 is 9.84 Å². The smallest absolute Gasteiger partial charge is 0.126 e. The molecule has 1 aromatic carbocycles. The Balaban J connectivity index is 2.05. The van der Waals surface area contributed by atoms with Crippen LogP contribution in [0.2, 0.25) is 0 Å². The monoisotopic (exact) mass is 252 g/mol. The third kappa shape index (κ3) is 3.09. The molecular weight excluding hydrogens is 231 g/mol. The molecule has 2 rings (SSSR count). The molecule has 0 radical (unpaired) electrons. The molecule has 0 aliphatic carbocycles. The van der Waals surface area contributed by atoms with Gasteiger partial charge in [0.2, 0.25) is 0 Å². The fourth-order valence-corrected chi connectivity index (χ4v) is 2.67. The van der Waals surface area contributed by atoms with Gasteiger partial charge in [-0.3, -0.25) is 0 Å². The Morgan fingerprint density at radius 3 is 2.72 bits per heavy atom. The second kappa shape index (κ2) is 5.37. The fourth-order valence-electron chi connectivity index (χ4n) is 2.67.